The van der Waals surface area contributed by atoms with Crippen LogP contribution in [0, 0.1) is 5.82 Å². The molecule has 0 aromatic heterocycles. The highest BCUT2D eigenvalue weighted by atomic mass is 35.5. The number of nitrogens with one attached hydrogen (secondary N) is 1. The summed E-state index contributed by atoms with van der Waals surface area (Å²) in [7, 11) is 0. The van der Waals surface area contributed by atoms with Crippen molar-refractivity contribution in [3.8, 4) is 0 Å². The molecule has 10 heteroatoms. The van der Waals surface area contributed by atoms with Crippen LogP contribution in [-0.4, -0.2) is 37.5 Å². The summed E-state index contributed by atoms with van der Waals surface area (Å²) in [5.74, 6) is -0.959. The summed E-state index contributed by atoms with van der Waals surface area (Å²) in [6.45, 7) is 1.17. The molecular weight excluding hydrogens is 369 g/mol. The molecule has 23 heavy (non-hydrogen) atoms. The highest BCUT2D eigenvalue weighted by Crippen LogP contribution is 2.39. The maximum Gasteiger partial charge on any atom is 0.416 e. The quantitative estimate of drug-likeness (QED) is 0.795. The first-order valence-corrected chi connectivity index (χ1v) is 6.40. The SMILES string of the molecule is Cl.Cl.Fc1ccc(C(F)(F)F)c([C@H](C(F)F)N2CCNCC2)c1. The molecule has 0 spiro atoms. The van der Waals surface area contributed by atoms with Gasteiger partial charge < -0.3 is 5.32 Å². The topological polar surface area (TPSA) is 15.3 Å². The fraction of sp³-hybridized carbons (Fsp3) is 0.538. The Labute approximate surface area is 142 Å². The van der Waals surface area contributed by atoms with E-state index in [9.17, 15) is 26.3 Å². The number of nitrogens with zero attached hydrogens (tertiary/aromatic N) is 1. The summed E-state index contributed by atoms with van der Waals surface area (Å²) in [5, 5.41) is 2.93. The summed E-state index contributed by atoms with van der Waals surface area (Å²) < 4.78 is 78.8. The van der Waals surface area contributed by atoms with Gasteiger partial charge in [0.25, 0.3) is 6.43 Å². The fourth-order valence-corrected chi connectivity index (χ4v) is 2.49. The lowest BCUT2D eigenvalue weighted by atomic mass is 9.98. The Morgan fingerprint density at radius 3 is 2.09 bits per heavy atom. The maximum atomic E-state index is 13.3. The van der Waals surface area contributed by atoms with Crippen molar-refractivity contribution in [1.29, 1.82) is 0 Å². The molecule has 2 nitrogen and oxygen atoms in total. The molecule has 0 saturated carbocycles. The third-order valence-electron chi connectivity index (χ3n) is 3.42. The van der Waals surface area contributed by atoms with Crippen LogP contribution in [0.15, 0.2) is 18.2 Å². The Bertz CT molecular complexity index is 492. The lowest BCUT2D eigenvalue weighted by Crippen LogP contribution is -2.47. The van der Waals surface area contributed by atoms with Gasteiger partial charge >= 0.3 is 6.18 Å². The van der Waals surface area contributed by atoms with Gasteiger partial charge in [0.2, 0.25) is 0 Å². The monoisotopic (exact) mass is 384 g/mol. The highest BCUT2D eigenvalue weighted by molar-refractivity contribution is 5.85. The smallest absolute Gasteiger partial charge is 0.314 e. The minimum atomic E-state index is -4.80. The number of halogens is 8. The van der Waals surface area contributed by atoms with Crippen molar-refractivity contribution in [3.05, 3.63) is 35.1 Å². The predicted molar refractivity (Wildman–Crippen MR) is 79.1 cm³/mol. The van der Waals surface area contributed by atoms with Crippen LogP contribution in [-0.2, 0) is 6.18 Å². The zero-order valence-corrected chi connectivity index (χ0v) is 13.4. The Balaban J connectivity index is 0.00000242. The van der Waals surface area contributed by atoms with Crippen LogP contribution in [0.3, 0.4) is 0 Å². The molecule has 1 N–H and O–H groups in total. The van der Waals surface area contributed by atoms with Gasteiger partial charge in [-0.25, -0.2) is 13.2 Å². The molecular formula is C13H16Cl2F6N2. The van der Waals surface area contributed by atoms with E-state index in [1.807, 2.05) is 0 Å². The van der Waals surface area contributed by atoms with Crippen LogP contribution in [0.1, 0.15) is 17.2 Å². The molecule has 2 rings (SSSR count). The van der Waals surface area contributed by atoms with E-state index in [-0.39, 0.29) is 37.9 Å². The third-order valence-corrected chi connectivity index (χ3v) is 3.42. The molecule has 1 heterocycles. The molecule has 1 atom stereocenters. The Morgan fingerprint density at radius 1 is 1.04 bits per heavy atom. The number of benzene rings is 1. The molecule has 0 unspecified atom stereocenters. The van der Waals surface area contributed by atoms with Crippen LogP contribution in [0.2, 0.25) is 0 Å². The summed E-state index contributed by atoms with van der Waals surface area (Å²) in [4.78, 5) is 1.26. The fourth-order valence-electron chi connectivity index (χ4n) is 2.49. The summed E-state index contributed by atoms with van der Waals surface area (Å²) >= 11 is 0. The summed E-state index contributed by atoms with van der Waals surface area (Å²) in [6.07, 6.45) is -7.84. The summed E-state index contributed by atoms with van der Waals surface area (Å²) in [6, 6.07) is -0.0595. The van der Waals surface area contributed by atoms with E-state index in [4.69, 9.17) is 0 Å². The molecule has 0 bridgehead atoms. The normalized spacial score (nSPS) is 17.3. The molecule has 134 valence electrons. The van der Waals surface area contributed by atoms with Crippen molar-refractivity contribution in [2.45, 2.75) is 18.6 Å². The van der Waals surface area contributed by atoms with E-state index in [1.165, 1.54) is 4.90 Å². The van der Waals surface area contributed by atoms with Gasteiger partial charge in [-0.05, 0) is 23.8 Å². The molecule has 1 saturated heterocycles. The Hall–Kier alpha value is -0.700. The average molecular weight is 385 g/mol. The van der Waals surface area contributed by atoms with Gasteiger partial charge in [-0.3, -0.25) is 4.90 Å². The third kappa shape index (κ3) is 5.41. The lowest BCUT2D eigenvalue weighted by Gasteiger charge is -2.35. The van der Waals surface area contributed by atoms with Crippen molar-refractivity contribution in [1.82, 2.24) is 10.2 Å². The number of rotatable bonds is 3. The maximum absolute atomic E-state index is 13.3. The molecule has 1 aliphatic heterocycles. The molecule has 0 radical (unpaired) electrons. The van der Waals surface area contributed by atoms with Gasteiger partial charge in [0.05, 0.1) is 11.6 Å². The van der Waals surface area contributed by atoms with E-state index in [2.05, 4.69) is 5.32 Å². The molecule has 1 aromatic rings. The van der Waals surface area contributed by atoms with E-state index < -0.39 is 35.6 Å². The molecule has 1 fully saturated rings. The second-order valence-corrected chi connectivity index (χ2v) is 4.79. The van der Waals surface area contributed by atoms with Crippen molar-refractivity contribution >= 4 is 24.8 Å². The Kier molecular flexibility index (Phi) is 8.69. The number of alkyl halides is 5. The molecule has 1 aliphatic rings. The van der Waals surface area contributed by atoms with Gasteiger partial charge in [0, 0.05) is 26.2 Å². The van der Waals surface area contributed by atoms with E-state index in [0.717, 1.165) is 0 Å². The minimum absolute atomic E-state index is 0. The van der Waals surface area contributed by atoms with Crippen LogP contribution >= 0.6 is 24.8 Å². The molecule has 1 aromatic carbocycles. The molecule has 0 aliphatic carbocycles. The van der Waals surface area contributed by atoms with Gasteiger partial charge in [-0.15, -0.1) is 24.8 Å². The highest BCUT2D eigenvalue weighted by Gasteiger charge is 2.40. The van der Waals surface area contributed by atoms with Gasteiger partial charge in [0.1, 0.15) is 5.82 Å². The average Bonchev–Trinajstić information content (AvgIpc) is 2.38. The standard InChI is InChI=1S/C13H14F6N2.2ClH/c14-8-1-2-10(13(17,18)19)9(7-8)11(12(15)16)21-5-3-20-4-6-21;;/h1-2,7,11-12,20H,3-6H2;2*1H/t11-;;/m1../s1. The zero-order chi connectivity index (χ0) is 15.6. The van der Waals surface area contributed by atoms with Gasteiger partial charge in [-0.2, -0.15) is 13.2 Å². The lowest BCUT2D eigenvalue weighted by molar-refractivity contribution is -0.139. The largest absolute Gasteiger partial charge is 0.416 e. The first kappa shape index (κ1) is 22.3. The number of piperazine rings is 1. The first-order chi connectivity index (χ1) is 9.80. The zero-order valence-electron chi connectivity index (χ0n) is 11.7. The van der Waals surface area contributed by atoms with Gasteiger partial charge in [-0.1, -0.05) is 0 Å². The van der Waals surface area contributed by atoms with Crippen molar-refractivity contribution in [2.24, 2.45) is 0 Å². The van der Waals surface area contributed by atoms with Crippen molar-refractivity contribution in [3.63, 3.8) is 0 Å². The van der Waals surface area contributed by atoms with E-state index >= 15 is 0 Å². The van der Waals surface area contributed by atoms with E-state index in [0.29, 0.717) is 31.3 Å². The second kappa shape index (κ2) is 8.96. The van der Waals surface area contributed by atoms with Crippen LogP contribution in [0.4, 0.5) is 26.3 Å². The first-order valence-electron chi connectivity index (χ1n) is 6.40. The van der Waals surface area contributed by atoms with Crippen LogP contribution in [0.5, 0.6) is 0 Å². The second-order valence-electron chi connectivity index (χ2n) is 4.79. The van der Waals surface area contributed by atoms with Crippen LogP contribution < -0.4 is 5.32 Å². The summed E-state index contributed by atoms with van der Waals surface area (Å²) in [5.41, 5.74) is -1.92. The number of hydrogen-bond acceptors (Lipinski definition) is 2. The van der Waals surface area contributed by atoms with Crippen molar-refractivity contribution < 1.29 is 26.3 Å². The Morgan fingerprint density at radius 2 is 1.61 bits per heavy atom. The minimum Gasteiger partial charge on any atom is -0.314 e. The number of hydrogen-bond donors (Lipinski definition) is 1. The van der Waals surface area contributed by atoms with E-state index in [1.54, 1.807) is 0 Å². The molecule has 0 amide bonds. The van der Waals surface area contributed by atoms with Crippen molar-refractivity contribution in [2.75, 3.05) is 26.2 Å². The van der Waals surface area contributed by atoms with Crippen LogP contribution in [0.25, 0.3) is 0 Å². The predicted octanol–water partition coefficient (Wildman–Crippen LogP) is 3.90. The van der Waals surface area contributed by atoms with Gasteiger partial charge in [0.15, 0.2) is 0 Å².